The summed E-state index contributed by atoms with van der Waals surface area (Å²) in [7, 11) is 0. The predicted molar refractivity (Wildman–Crippen MR) is 79.5 cm³/mol. The molecule has 0 unspecified atom stereocenters. The molecule has 1 amide bonds. The van der Waals surface area contributed by atoms with Crippen LogP contribution in [-0.4, -0.2) is 27.2 Å². The second kappa shape index (κ2) is 5.75. The molecule has 0 radical (unpaired) electrons. The van der Waals surface area contributed by atoms with Crippen molar-refractivity contribution in [2.75, 3.05) is 11.4 Å². The van der Waals surface area contributed by atoms with Crippen LogP contribution in [0.5, 0.6) is 0 Å². The van der Waals surface area contributed by atoms with E-state index in [1.54, 1.807) is 11.0 Å². The van der Waals surface area contributed by atoms with E-state index < -0.39 is 0 Å². The van der Waals surface area contributed by atoms with Crippen molar-refractivity contribution in [2.24, 2.45) is 0 Å². The second-order valence-corrected chi connectivity index (χ2v) is 5.75. The zero-order valence-corrected chi connectivity index (χ0v) is 12.6. The SMILES string of the molecule is O=C(CCn1cncn1)N1CCCc2cc(Br)ccc21. The van der Waals surface area contributed by atoms with Gasteiger partial charge in [0.15, 0.2) is 0 Å². The monoisotopic (exact) mass is 334 g/mol. The molecule has 0 N–H and O–H groups in total. The lowest BCUT2D eigenvalue weighted by Gasteiger charge is -2.29. The van der Waals surface area contributed by atoms with Gasteiger partial charge in [0, 0.05) is 23.1 Å². The molecule has 6 heteroatoms. The zero-order chi connectivity index (χ0) is 13.9. The highest BCUT2D eigenvalue weighted by Gasteiger charge is 2.22. The minimum Gasteiger partial charge on any atom is -0.312 e. The standard InChI is InChI=1S/C14H15BrN4O/c15-12-3-4-13-11(8-12)2-1-6-19(13)14(20)5-7-18-10-16-9-17-18/h3-4,8-10H,1-2,5-7H2. The molecule has 3 rings (SSSR count). The summed E-state index contributed by atoms with van der Waals surface area (Å²) in [6.07, 6.45) is 5.60. The number of carbonyl (C=O) groups excluding carboxylic acids is 1. The van der Waals surface area contributed by atoms with Gasteiger partial charge in [-0.15, -0.1) is 0 Å². The van der Waals surface area contributed by atoms with Crippen LogP contribution < -0.4 is 4.90 Å². The van der Waals surface area contributed by atoms with E-state index in [-0.39, 0.29) is 5.91 Å². The summed E-state index contributed by atoms with van der Waals surface area (Å²) in [5.74, 6) is 0.142. The summed E-state index contributed by atoms with van der Waals surface area (Å²) in [5.41, 5.74) is 2.28. The van der Waals surface area contributed by atoms with Crippen LogP contribution in [0.25, 0.3) is 0 Å². The first-order valence-corrected chi connectivity index (χ1v) is 7.44. The number of benzene rings is 1. The van der Waals surface area contributed by atoms with Crippen LogP contribution in [0.2, 0.25) is 0 Å². The fourth-order valence-electron chi connectivity index (χ4n) is 2.52. The third-order valence-corrected chi connectivity index (χ3v) is 3.98. The number of anilines is 1. The number of nitrogens with zero attached hydrogens (tertiary/aromatic N) is 4. The lowest BCUT2D eigenvalue weighted by Crippen LogP contribution is -2.35. The fraction of sp³-hybridized carbons (Fsp3) is 0.357. The van der Waals surface area contributed by atoms with Crippen molar-refractivity contribution >= 4 is 27.5 Å². The molecule has 2 heterocycles. The Morgan fingerprint density at radius 2 is 2.30 bits per heavy atom. The van der Waals surface area contributed by atoms with Gasteiger partial charge < -0.3 is 4.90 Å². The Morgan fingerprint density at radius 3 is 3.10 bits per heavy atom. The number of hydrogen-bond acceptors (Lipinski definition) is 3. The van der Waals surface area contributed by atoms with Gasteiger partial charge in [0.25, 0.3) is 0 Å². The van der Waals surface area contributed by atoms with Gasteiger partial charge in [0.1, 0.15) is 12.7 Å². The summed E-state index contributed by atoms with van der Waals surface area (Å²) < 4.78 is 2.75. The Labute approximate surface area is 125 Å². The molecule has 0 fully saturated rings. The van der Waals surface area contributed by atoms with Crippen LogP contribution in [0.4, 0.5) is 5.69 Å². The normalized spacial score (nSPS) is 14.2. The number of fused-ring (bicyclic) bond motifs is 1. The maximum Gasteiger partial charge on any atom is 0.228 e. The number of rotatable bonds is 3. The van der Waals surface area contributed by atoms with Crippen molar-refractivity contribution in [3.63, 3.8) is 0 Å². The maximum absolute atomic E-state index is 12.4. The molecule has 20 heavy (non-hydrogen) atoms. The molecule has 104 valence electrons. The molecule has 1 aliphatic rings. The van der Waals surface area contributed by atoms with Gasteiger partial charge in [0.2, 0.25) is 5.91 Å². The third kappa shape index (κ3) is 2.75. The first-order chi connectivity index (χ1) is 9.74. The van der Waals surface area contributed by atoms with Gasteiger partial charge in [-0.3, -0.25) is 9.48 Å². The van der Waals surface area contributed by atoms with Crippen LogP contribution in [0.1, 0.15) is 18.4 Å². The smallest absolute Gasteiger partial charge is 0.228 e. The van der Waals surface area contributed by atoms with Crippen LogP contribution in [0.3, 0.4) is 0 Å². The minimum absolute atomic E-state index is 0.142. The van der Waals surface area contributed by atoms with Gasteiger partial charge in [-0.05, 0) is 36.6 Å². The van der Waals surface area contributed by atoms with Crippen molar-refractivity contribution in [1.29, 1.82) is 0 Å². The molecule has 0 atom stereocenters. The van der Waals surface area contributed by atoms with Crippen LogP contribution in [0.15, 0.2) is 35.3 Å². The van der Waals surface area contributed by atoms with Gasteiger partial charge in [-0.25, -0.2) is 4.98 Å². The molecular weight excluding hydrogens is 320 g/mol. The Kier molecular flexibility index (Phi) is 3.82. The van der Waals surface area contributed by atoms with Crippen molar-refractivity contribution in [3.05, 3.63) is 40.9 Å². The Bertz CT molecular complexity index is 612. The molecule has 2 aromatic rings. The largest absolute Gasteiger partial charge is 0.312 e. The Hall–Kier alpha value is -1.69. The number of aromatic nitrogens is 3. The molecule has 1 aromatic heterocycles. The molecule has 0 saturated heterocycles. The number of amides is 1. The summed E-state index contributed by atoms with van der Waals surface area (Å²) in [5, 5.41) is 4.02. The first-order valence-electron chi connectivity index (χ1n) is 6.65. The molecule has 5 nitrogen and oxygen atoms in total. The predicted octanol–water partition coefficient (Wildman–Crippen LogP) is 2.41. The summed E-state index contributed by atoms with van der Waals surface area (Å²) in [4.78, 5) is 18.2. The average Bonchev–Trinajstić information content (AvgIpc) is 2.97. The van der Waals surface area contributed by atoms with E-state index in [1.807, 2.05) is 17.0 Å². The van der Waals surface area contributed by atoms with Gasteiger partial charge in [-0.1, -0.05) is 15.9 Å². The molecule has 0 saturated carbocycles. The summed E-state index contributed by atoms with van der Waals surface area (Å²) in [6, 6.07) is 6.11. The van der Waals surface area contributed by atoms with Crippen LogP contribution >= 0.6 is 15.9 Å². The van der Waals surface area contributed by atoms with E-state index in [2.05, 4.69) is 32.1 Å². The molecule has 1 aromatic carbocycles. The van der Waals surface area contributed by atoms with Crippen LogP contribution in [-0.2, 0) is 17.8 Å². The number of hydrogen-bond donors (Lipinski definition) is 0. The Balaban J connectivity index is 1.73. The quantitative estimate of drug-likeness (QED) is 0.866. The molecule has 1 aliphatic heterocycles. The highest BCUT2D eigenvalue weighted by molar-refractivity contribution is 9.10. The van der Waals surface area contributed by atoms with E-state index in [0.717, 1.165) is 29.5 Å². The fourth-order valence-corrected chi connectivity index (χ4v) is 2.93. The van der Waals surface area contributed by atoms with E-state index in [4.69, 9.17) is 0 Å². The van der Waals surface area contributed by atoms with Crippen molar-refractivity contribution < 1.29 is 4.79 Å². The summed E-state index contributed by atoms with van der Waals surface area (Å²) >= 11 is 3.48. The number of halogens is 1. The molecular formula is C14H15BrN4O. The van der Waals surface area contributed by atoms with Crippen molar-refractivity contribution in [3.8, 4) is 0 Å². The molecule has 0 spiro atoms. The average molecular weight is 335 g/mol. The highest BCUT2D eigenvalue weighted by atomic mass is 79.9. The van der Waals surface area contributed by atoms with E-state index >= 15 is 0 Å². The van der Waals surface area contributed by atoms with Gasteiger partial charge in [0.05, 0.1) is 6.54 Å². The third-order valence-electron chi connectivity index (χ3n) is 3.48. The molecule has 0 bridgehead atoms. The first kappa shape index (κ1) is 13.3. The number of carbonyl (C=O) groups is 1. The van der Waals surface area contributed by atoms with Gasteiger partial charge in [-0.2, -0.15) is 5.10 Å². The van der Waals surface area contributed by atoms with E-state index in [9.17, 15) is 4.79 Å². The second-order valence-electron chi connectivity index (χ2n) is 4.83. The number of aryl methyl sites for hydroxylation is 2. The zero-order valence-electron chi connectivity index (χ0n) is 11.0. The summed E-state index contributed by atoms with van der Waals surface area (Å²) in [6.45, 7) is 1.37. The van der Waals surface area contributed by atoms with Crippen molar-refractivity contribution in [2.45, 2.75) is 25.8 Å². The van der Waals surface area contributed by atoms with Crippen molar-refractivity contribution in [1.82, 2.24) is 14.8 Å². The lowest BCUT2D eigenvalue weighted by atomic mass is 10.0. The Morgan fingerprint density at radius 1 is 1.40 bits per heavy atom. The highest BCUT2D eigenvalue weighted by Crippen LogP contribution is 2.30. The van der Waals surface area contributed by atoms with E-state index in [1.165, 1.54) is 11.9 Å². The minimum atomic E-state index is 0.142. The topological polar surface area (TPSA) is 51.0 Å². The van der Waals surface area contributed by atoms with E-state index in [0.29, 0.717) is 13.0 Å². The van der Waals surface area contributed by atoms with Crippen LogP contribution in [0, 0.1) is 0 Å². The lowest BCUT2D eigenvalue weighted by molar-refractivity contribution is -0.119. The molecule has 0 aliphatic carbocycles. The maximum atomic E-state index is 12.4. The van der Waals surface area contributed by atoms with Gasteiger partial charge >= 0.3 is 0 Å².